The van der Waals surface area contributed by atoms with Crippen LogP contribution in [0.25, 0.3) is 0 Å². The van der Waals surface area contributed by atoms with E-state index in [9.17, 15) is 0 Å². The Labute approximate surface area is 131 Å². The van der Waals surface area contributed by atoms with Crippen LogP contribution in [0, 0.1) is 0 Å². The molecule has 1 atom stereocenters. The van der Waals surface area contributed by atoms with E-state index in [1.54, 1.807) is 0 Å². The van der Waals surface area contributed by atoms with Gasteiger partial charge in [0.25, 0.3) is 0 Å². The second-order valence-corrected chi connectivity index (χ2v) is 6.04. The lowest BCUT2D eigenvalue weighted by molar-refractivity contribution is 0.634. The molecule has 106 valence electrons. The van der Waals surface area contributed by atoms with Crippen molar-refractivity contribution < 1.29 is 0 Å². The van der Waals surface area contributed by atoms with Crippen LogP contribution in [0.3, 0.4) is 0 Å². The van der Waals surface area contributed by atoms with Crippen LogP contribution in [0.5, 0.6) is 0 Å². The highest BCUT2D eigenvalue weighted by atomic mass is 35.5. The summed E-state index contributed by atoms with van der Waals surface area (Å²) in [6.45, 7) is 2.29. The van der Waals surface area contributed by atoms with Crippen molar-refractivity contribution in [2.75, 3.05) is 0 Å². The van der Waals surface area contributed by atoms with Crippen molar-refractivity contribution in [3.8, 4) is 0 Å². The summed E-state index contributed by atoms with van der Waals surface area (Å²) in [6, 6.07) is 18.9. The predicted octanol–water partition coefficient (Wildman–Crippen LogP) is 5.92. The standard InChI is InChI=1S/C20H19Cl/c1-20(16-10-4-2-5-11-16,17-12-6-3-7-13-17)18-14-8-9-15-19(18)21/h2-6,8-12,14-15H,7,13H2,1H3. The minimum absolute atomic E-state index is 0.176. The molecule has 0 bridgehead atoms. The maximum atomic E-state index is 6.53. The van der Waals surface area contributed by atoms with Gasteiger partial charge in [-0.1, -0.05) is 83.9 Å². The Bertz CT molecular complexity index is 682. The monoisotopic (exact) mass is 294 g/mol. The average Bonchev–Trinajstić information content (AvgIpc) is 2.56. The summed E-state index contributed by atoms with van der Waals surface area (Å²) in [5, 5.41) is 0.833. The van der Waals surface area contributed by atoms with Gasteiger partial charge in [0.05, 0.1) is 0 Å². The highest BCUT2D eigenvalue weighted by Gasteiger charge is 2.34. The number of rotatable bonds is 3. The van der Waals surface area contributed by atoms with Crippen LogP contribution in [-0.2, 0) is 5.41 Å². The zero-order valence-corrected chi connectivity index (χ0v) is 13.0. The van der Waals surface area contributed by atoms with E-state index in [4.69, 9.17) is 11.6 Å². The molecule has 0 saturated carbocycles. The van der Waals surface area contributed by atoms with Gasteiger partial charge in [-0.15, -0.1) is 0 Å². The lowest BCUT2D eigenvalue weighted by atomic mass is 9.68. The summed E-state index contributed by atoms with van der Waals surface area (Å²) in [5.74, 6) is 0. The lowest BCUT2D eigenvalue weighted by Crippen LogP contribution is -2.27. The van der Waals surface area contributed by atoms with Crippen LogP contribution in [-0.4, -0.2) is 0 Å². The minimum atomic E-state index is -0.176. The normalized spacial score (nSPS) is 17.1. The third-order valence-electron chi connectivity index (χ3n) is 4.42. The summed E-state index contributed by atoms with van der Waals surface area (Å²) in [7, 11) is 0. The van der Waals surface area contributed by atoms with E-state index in [1.807, 2.05) is 12.1 Å². The fourth-order valence-electron chi connectivity index (χ4n) is 3.17. The molecule has 0 spiro atoms. The smallest absolute Gasteiger partial charge is 0.0450 e. The summed E-state index contributed by atoms with van der Waals surface area (Å²) < 4.78 is 0. The molecule has 0 heterocycles. The fraction of sp³-hybridized carbons (Fsp3) is 0.200. The number of hydrogen-bond donors (Lipinski definition) is 0. The maximum absolute atomic E-state index is 6.53. The molecule has 2 aromatic rings. The van der Waals surface area contributed by atoms with Gasteiger partial charge < -0.3 is 0 Å². The molecule has 0 aliphatic heterocycles. The third-order valence-corrected chi connectivity index (χ3v) is 4.75. The van der Waals surface area contributed by atoms with Crippen molar-refractivity contribution in [1.29, 1.82) is 0 Å². The fourth-order valence-corrected chi connectivity index (χ4v) is 3.50. The molecule has 0 N–H and O–H groups in total. The lowest BCUT2D eigenvalue weighted by Gasteiger charge is -2.35. The molecule has 0 radical (unpaired) electrons. The zero-order valence-electron chi connectivity index (χ0n) is 12.2. The van der Waals surface area contributed by atoms with E-state index >= 15 is 0 Å². The Hall–Kier alpha value is -1.79. The number of halogens is 1. The topological polar surface area (TPSA) is 0 Å². The van der Waals surface area contributed by atoms with Crippen molar-refractivity contribution in [2.45, 2.75) is 25.2 Å². The largest absolute Gasteiger partial charge is 0.0842 e. The van der Waals surface area contributed by atoms with Gasteiger partial charge in [-0.2, -0.15) is 0 Å². The molecule has 0 aromatic heterocycles. The van der Waals surface area contributed by atoms with E-state index in [0.717, 1.165) is 17.9 Å². The summed E-state index contributed by atoms with van der Waals surface area (Å²) in [6.07, 6.45) is 8.81. The van der Waals surface area contributed by atoms with E-state index < -0.39 is 0 Å². The van der Waals surface area contributed by atoms with Crippen molar-refractivity contribution in [1.82, 2.24) is 0 Å². The molecule has 1 aliphatic rings. The molecule has 1 aliphatic carbocycles. The summed E-state index contributed by atoms with van der Waals surface area (Å²) >= 11 is 6.53. The van der Waals surface area contributed by atoms with Gasteiger partial charge in [0.15, 0.2) is 0 Å². The van der Waals surface area contributed by atoms with Crippen LogP contribution in [0.2, 0.25) is 5.02 Å². The van der Waals surface area contributed by atoms with E-state index in [2.05, 4.69) is 67.6 Å². The molecule has 0 nitrogen and oxygen atoms in total. The molecule has 0 saturated heterocycles. The van der Waals surface area contributed by atoms with Gasteiger partial charge in [-0.05, 0) is 37.0 Å². The van der Waals surface area contributed by atoms with Gasteiger partial charge in [-0.3, -0.25) is 0 Å². The SMILES string of the molecule is CC(C1=CC=CCC1)(c1ccccc1)c1ccccc1Cl. The Balaban J connectivity index is 2.23. The molecule has 1 heteroatoms. The van der Waals surface area contributed by atoms with Crippen LogP contribution in [0.15, 0.2) is 78.4 Å². The first-order valence-electron chi connectivity index (χ1n) is 7.39. The van der Waals surface area contributed by atoms with E-state index in [0.29, 0.717) is 0 Å². The van der Waals surface area contributed by atoms with Gasteiger partial charge >= 0.3 is 0 Å². The quantitative estimate of drug-likeness (QED) is 0.659. The molecular formula is C20H19Cl. The van der Waals surface area contributed by atoms with Crippen molar-refractivity contribution >= 4 is 11.6 Å². The van der Waals surface area contributed by atoms with Crippen LogP contribution >= 0.6 is 11.6 Å². The number of hydrogen-bond acceptors (Lipinski definition) is 0. The molecule has 2 aromatic carbocycles. The Morgan fingerprint density at radius 2 is 1.67 bits per heavy atom. The van der Waals surface area contributed by atoms with Gasteiger partial charge in [0.1, 0.15) is 0 Å². The summed E-state index contributed by atoms with van der Waals surface area (Å²) in [4.78, 5) is 0. The van der Waals surface area contributed by atoms with Crippen LogP contribution in [0.4, 0.5) is 0 Å². The van der Waals surface area contributed by atoms with E-state index in [1.165, 1.54) is 16.7 Å². The zero-order chi connectivity index (χ0) is 14.7. The molecule has 1 unspecified atom stereocenters. The average molecular weight is 295 g/mol. The molecule has 0 fully saturated rings. The van der Waals surface area contributed by atoms with Gasteiger partial charge in [0.2, 0.25) is 0 Å². The second kappa shape index (κ2) is 5.91. The van der Waals surface area contributed by atoms with Crippen molar-refractivity contribution in [3.05, 3.63) is 94.5 Å². The van der Waals surface area contributed by atoms with Crippen molar-refractivity contribution in [3.63, 3.8) is 0 Å². The Morgan fingerprint density at radius 3 is 2.33 bits per heavy atom. The first-order chi connectivity index (χ1) is 10.2. The van der Waals surface area contributed by atoms with Gasteiger partial charge in [-0.25, -0.2) is 0 Å². The molecule has 21 heavy (non-hydrogen) atoms. The highest BCUT2D eigenvalue weighted by Crippen LogP contribution is 2.44. The molecule has 0 amide bonds. The first kappa shape index (κ1) is 14.2. The maximum Gasteiger partial charge on any atom is 0.0450 e. The minimum Gasteiger partial charge on any atom is -0.0842 e. The van der Waals surface area contributed by atoms with Gasteiger partial charge in [0, 0.05) is 10.4 Å². The first-order valence-corrected chi connectivity index (χ1v) is 7.77. The number of benzene rings is 2. The van der Waals surface area contributed by atoms with E-state index in [-0.39, 0.29) is 5.41 Å². The summed E-state index contributed by atoms with van der Waals surface area (Å²) in [5.41, 5.74) is 3.72. The van der Waals surface area contributed by atoms with Crippen LogP contribution in [0.1, 0.15) is 30.9 Å². The Morgan fingerprint density at radius 1 is 0.952 bits per heavy atom. The Kier molecular flexibility index (Phi) is 3.98. The molecular weight excluding hydrogens is 276 g/mol. The second-order valence-electron chi connectivity index (χ2n) is 5.63. The molecule has 3 rings (SSSR count). The third kappa shape index (κ3) is 2.56. The van der Waals surface area contributed by atoms with Crippen molar-refractivity contribution in [2.24, 2.45) is 0 Å². The predicted molar refractivity (Wildman–Crippen MR) is 90.8 cm³/mol. The number of allylic oxidation sites excluding steroid dienone is 4. The highest BCUT2D eigenvalue weighted by molar-refractivity contribution is 6.31. The van der Waals surface area contributed by atoms with Crippen LogP contribution < -0.4 is 0 Å².